The summed E-state index contributed by atoms with van der Waals surface area (Å²) in [7, 11) is 1.64. The number of fused-ring (bicyclic) bond motifs is 3. The molecular formula is C77H92N10O5. The molecule has 0 atom stereocenters. The minimum absolute atomic E-state index is 0.0302. The summed E-state index contributed by atoms with van der Waals surface area (Å²) in [6.07, 6.45) is 8.05. The number of ether oxygens (including phenoxy) is 3. The number of benzene rings is 5. The molecule has 15 nitrogen and oxygen atoms in total. The number of H-pyrrole nitrogens is 3. The second kappa shape index (κ2) is 29.7. The summed E-state index contributed by atoms with van der Waals surface area (Å²) >= 11 is 0. The molecule has 92 heavy (non-hydrogen) atoms. The Morgan fingerprint density at radius 2 is 1.14 bits per heavy atom. The Morgan fingerprint density at radius 3 is 1.76 bits per heavy atom. The van der Waals surface area contributed by atoms with E-state index in [9.17, 15) is 9.90 Å². The van der Waals surface area contributed by atoms with E-state index in [1.807, 2.05) is 97.2 Å². The van der Waals surface area contributed by atoms with Gasteiger partial charge in [-0.1, -0.05) is 189 Å². The standard InChI is InChI=1S/C19H22O.C17H24N2O2.C15H16N4.C13H15N3O2.C13H15N/c1-19(2,3)17-11-9-16(10-12-17)14-18(20)13-15-7-5-4-6-8-15;1-17(2,3)16-10-14(18-19-16)6-5-12-7-13(11-20)9-15(8-12)21-4;1-15(2,3)14-9-12(18-19-14)10-4-5-11-13(8-10)17-7-6-16-11;1-13(2,3)11-6-9(15-16-11)8-4-5-10-12(14-8)18-7-17-10;1-13(2,3)11-7-4-8-12-10(11)6-5-9-14-12/h4-12H,13-14H2,1-3H3;7-10,20H,5-6,11H2,1-4H3,(H,18,19);4-9H,1-3H3,(H,18,19);4-6H,7H2,1-3H3,(H,15,16);4-9H,1-3H3. The van der Waals surface area contributed by atoms with E-state index >= 15 is 0 Å². The van der Waals surface area contributed by atoms with E-state index < -0.39 is 0 Å². The Labute approximate surface area is 543 Å². The molecule has 7 heterocycles. The van der Waals surface area contributed by atoms with Crippen molar-refractivity contribution in [2.45, 2.75) is 163 Å². The van der Waals surface area contributed by atoms with E-state index in [0.29, 0.717) is 24.5 Å². The van der Waals surface area contributed by atoms with Crippen LogP contribution in [-0.2, 0) is 64.2 Å². The molecule has 0 spiro atoms. The van der Waals surface area contributed by atoms with Gasteiger partial charge in [-0.2, -0.15) is 15.3 Å². The van der Waals surface area contributed by atoms with Crippen LogP contribution in [0.1, 0.15) is 160 Å². The summed E-state index contributed by atoms with van der Waals surface area (Å²) in [6, 6.07) is 50.7. The van der Waals surface area contributed by atoms with E-state index in [1.54, 1.807) is 19.5 Å². The first kappa shape index (κ1) is 68.6. The Kier molecular flexibility index (Phi) is 22.2. The number of Topliss-reactive ketones (excluding diaryl/α,β-unsaturated/α-hetero) is 1. The summed E-state index contributed by atoms with van der Waals surface area (Å²) in [5.41, 5.74) is 18.3. The zero-order valence-corrected chi connectivity index (χ0v) is 56.6. The second-order valence-electron chi connectivity index (χ2n) is 28.3. The molecule has 0 unspecified atom stereocenters. The Hall–Kier alpha value is -9.34. The molecule has 6 aromatic heterocycles. The number of aliphatic hydroxyl groups excluding tert-OH is 1. The predicted molar refractivity (Wildman–Crippen MR) is 371 cm³/mol. The third-order valence-electron chi connectivity index (χ3n) is 15.5. The van der Waals surface area contributed by atoms with Gasteiger partial charge in [0.05, 0.1) is 47.3 Å². The predicted octanol–water partition coefficient (Wildman–Crippen LogP) is 16.7. The number of aromatic nitrogens is 10. The number of rotatable bonds is 11. The molecule has 0 saturated carbocycles. The van der Waals surface area contributed by atoms with Gasteiger partial charge in [-0.05, 0) is 124 Å². The van der Waals surface area contributed by atoms with Crippen molar-refractivity contribution in [3.63, 3.8) is 0 Å². The number of aromatic amines is 3. The third kappa shape index (κ3) is 19.3. The summed E-state index contributed by atoms with van der Waals surface area (Å²) < 4.78 is 15.8. The molecular weight excluding hydrogens is 1140 g/mol. The quantitative estimate of drug-likeness (QED) is 0.0956. The minimum Gasteiger partial charge on any atom is -0.497 e. The summed E-state index contributed by atoms with van der Waals surface area (Å²) in [5.74, 6) is 2.27. The van der Waals surface area contributed by atoms with Crippen molar-refractivity contribution >= 4 is 27.7 Å². The van der Waals surface area contributed by atoms with Gasteiger partial charge in [0.2, 0.25) is 6.79 Å². The van der Waals surface area contributed by atoms with Crippen LogP contribution in [0.15, 0.2) is 170 Å². The SMILES string of the molecule is CC(C)(C)c1cc(-c2ccc3c(n2)OCO3)n[nH]1.CC(C)(C)c1cc(-c2ccc3nccnc3c2)n[nH]1.CC(C)(C)c1ccc(CC(=O)Cc2ccccc2)cc1.CC(C)(C)c1cccc2ncccc12.COc1cc(CO)cc(CCc2cc(C(C)(C)C)n[nH]2)c1. The Balaban J connectivity index is 0.000000149. The van der Waals surface area contributed by atoms with Crippen LogP contribution in [0, 0.1) is 0 Å². The Bertz CT molecular complexity index is 4140. The van der Waals surface area contributed by atoms with Gasteiger partial charge in [0, 0.05) is 75.7 Å². The molecule has 4 N–H and O–H groups in total. The van der Waals surface area contributed by atoms with Crippen LogP contribution >= 0.6 is 0 Å². The molecule has 0 aliphatic carbocycles. The van der Waals surface area contributed by atoms with Crippen molar-refractivity contribution in [1.29, 1.82) is 0 Å². The topological polar surface area (TPSA) is 203 Å². The van der Waals surface area contributed by atoms with Crippen molar-refractivity contribution in [3.05, 3.63) is 226 Å². The van der Waals surface area contributed by atoms with Crippen LogP contribution < -0.4 is 14.2 Å². The molecule has 1 aliphatic heterocycles. The zero-order valence-electron chi connectivity index (χ0n) is 56.6. The van der Waals surface area contributed by atoms with Crippen molar-refractivity contribution < 1.29 is 24.1 Å². The van der Waals surface area contributed by atoms with Gasteiger partial charge in [-0.3, -0.25) is 35.0 Å². The number of ketones is 1. The molecule has 0 fully saturated rings. The minimum atomic E-state index is 0.0302. The first-order valence-electron chi connectivity index (χ1n) is 31.5. The lowest BCUT2D eigenvalue weighted by molar-refractivity contribution is -0.117. The van der Waals surface area contributed by atoms with Gasteiger partial charge in [0.25, 0.3) is 5.88 Å². The number of hydrogen-bond acceptors (Lipinski definition) is 12. The maximum atomic E-state index is 12.1. The normalized spacial score (nSPS) is 12.1. The van der Waals surface area contributed by atoms with Crippen LogP contribution in [0.5, 0.6) is 17.4 Å². The van der Waals surface area contributed by atoms with Crippen molar-refractivity contribution in [3.8, 4) is 40.0 Å². The molecule has 5 aromatic carbocycles. The molecule has 15 heteroatoms. The third-order valence-corrected chi connectivity index (χ3v) is 15.5. The van der Waals surface area contributed by atoms with Gasteiger partial charge in [-0.15, -0.1) is 0 Å². The largest absolute Gasteiger partial charge is 0.497 e. The number of hydrogen-bond donors (Lipinski definition) is 4. The van der Waals surface area contributed by atoms with Crippen LogP contribution in [0.3, 0.4) is 0 Å². The number of aliphatic hydroxyl groups is 1. The van der Waals surface area contributed by atoms with E-state index in [4.69, 9.17) is 14.2 Å². The maximum absolute atomic E-state index is 12.1. The van der Waals surface area contributed by atoms with Gasteiger partial charge in [-0.25, -0.2) is 4.98 Å². The lowest BCUT2D eigenvalue weighted by atomic mass is 9.84. The van der Waals surface area contributed by atoms with Crippen LogP contribution in [-0.4, -0.2) is 75.3 Å². The van der Waals surface area contributed by atoms with Crippen molar-refractivity contribution in [1.82, 2.24) is 50.5 Å². The lowest BCUT2D eigenvalue weighted by Gasteiger charge is -2.20. The van der Waals surface area contributed by atoms with Crippen molar-refractivity contribution in [2.24, 2.45) is 0 Å². The highest BCUT2D eigenvalue weighted by molar-refractivity contribution is 5.84. The fourth-order valence-electron chi connectivity index (χ4n) is 9.97. The average Bonchev–Trinajstić information content (AvgIpc) is 1.27. The van der Waals surface area contributed by atoms with Gasteiger partial charge in [0.1, 0.15) is 17.2 Å². The van der Waals surface area contributed by atoms with E-state index in [-0.39, 0.29) is 46.3 Å². The molecule has 0 bridgehead atoms. The summed E-state index contributed by atoms with van der Waals surface area (Å²) in [4.78, 5) is 29.4. The number of carbonyl (C=O) groups is 1. The molecule has 0 amide bonds. The molecule has 0 saturated heterocycles. The highest BCUT2D eigenvalue weighted by Gasteiger charge is 2.23. The van der Waals surface area contributed by atoms with E-state index in [2.05, 4.69) is 215 Å². The molecule has 1 aliphatic rings. The molecule has 0 radical (unpaired) electrons. The fraction of sp³-hybridized carbons (Fsp3) is 0.351. The molecule has 480 valence electrons. The van der Waals surface area contributed by atoms with Gasteiger partial charge < -0.3 is 19.3 Å². The maximum Gasteiger partial charge on any atom is 0.260 e. The van der Waals surface area contributed by atoms with Crippen LogP contribution in [0.4, 0.5) is 0 Å². The van der Waals surface area contributed by atoms with Crippen LogP contribution in [0.2, 0.25) is 0 Å². The highest BCUT2D eigenvalue weighted by Crippen LogP contribution is 2.34. The zero-order chi connectivity index (χ0) is 66.4. The number of carbonyl (C=O) groups excluding carboxylic acids is 1. The number of pyridine rings is 2. The lowest BCUT2D eigenvalue weighted by Crippen LogP contribution is -2.11. The van der Waals surface area contributed by atoms with Crippen molar-refractivity contribution in [2.75, 3.05) is 13.9 Å². The van der Waals surface area contributed by atoms with Crippen LogP contribution in [0.25, 0.3) is 44.6 Å². The second-order valence-corrected chi connectivity index (χ2v) is 28.3. The fourth-order valence-corrected chi connectivity index (χ4v) is 9.97. The number of nitrogens with zero attached hydrogens (tertiary/aromatic N) is 7. The highest BCUT2D eigenvalue weighted by atomic mass is 16.7. The smallest absolute Gasteiger partial charge is 0.260 e. The van der Waals surface area contributed by atoms with E-state index in [1.165, 1.54) is 16.5 Å². The molecule has 12 rings (SSSR count). The average molecular weight is 1240 g/mol. The number of nitrogens with one attached hydrogen (secondary N) is 3. The van der Waals surface area contributed by atoms with Gasteiger partial charge in [0.15, 0.2) is 5.75 Å². The summed E-state index contributed by atoms with van der Waals surface area (Å²) in [5, 5.41) is 32.9. The number of aryl methyl sites for hydroxylation is 2. The van der Waals surface area contributed by atoms with Gasteiger partial charge >= 0.3 is 0 Å². The Morgan fingerprint density at radius 1 is 0.500 bits per heavy atom. The number of methoxy groups -OCH3 is 1. The van der Waals surface area contributed by atoms with E-state index in [0.717, 1.165) is 103 Å². The molecule has 11 aromatic rings. The first-order valence-corrected chi connectivity index (χ1v) is 31.5. The first-order chi connectivity index (χ1) is 43.5. The monoisotopic (exact) mass is 1240 g/mol. The summed E-state index contributed by atoms with van der Waals surface area (Å²) in [6.45, 7) is 32.9.